The van der Waals surface area contributed by atoms with Crippen LogP contribution in [0.1, 0.15) is 24.1 Å². The van der Waals surface area contributed by atoms with Gasteiger partial charge in [0.15, 0.2) is 5.82 Å². The molecule has 0 radical (unpaired) electrons. The van der Waals surface area contributed by atoms with Crippen LogP contribution >= 0.6 is 0 Å². The van der Waals surface area contributed by atoms with Gasteiger partial charge in [-0.3, -0.25) is 0 Å². The number of benzene rings is 2. The van der Waals surface area contributed by atoms with E-state index < -0.39 is 23.5 Å². The van der Waals surface area contributed by atoms with Crippen LogP contribution in [0.25, 0.3) is 22.2 Å². The van der Waals surface area contributed by atoms with Crippen molar-refractivity contribution < 1.29 is 13.2 Å². The lowest BCUT2D eigenvalue weighted by atomic mass is 9.98. The van der Waals surface area contributed by atoms with Crippen molar-refractivity contribution in [2.24, 2.45) is 0 Å². The van der Waals surface area contributed by atoms with Crippen molar-refractivity contribution >= 4 is 28.5 Å². The van der Waals surface area contributed by atoms with E-state index in [9.17, 15) is 18.4 Å². The van der Waals surface area contributed by atoms with E-state index in [1.54, 1.807) is 19.1 Å². The van der Waals surface area contributed by atoms with Gasteiger partial charge in [0.2, 0.25) is 5.95 Å². The predicted octanol–water partition coefficient (Wildman–Crippen LogP) is 4.32. The highest BCUT2D eigenvalue weighted by molar-refractivity contribution is 5.84. The number of pyridine rings is 1. The van der Waals surface area contributed by atoms with Crippen LogP contribution in [0.15, 0.2) is 42.5 Å². The molecule has 1 atom stereocenters. The topological polar surface area (TPSA) is 127 Å². The molecule has 32 heavy (non-hydrogen) atoms. The summed E-state index contributed by atoms with van der Waals surface area (Å²) in [4.78, 5) is 12.3. The fraction of sp³-hybridized carbons (Fsp3) is 0.0909. The number of nitrogens with two attached hydrogens (primary N) is 2. The van der Waals surface area contributed by atoms with Crippen molar-refractivity contribution in [3.8, 4) is 17.3 Å². The average Bonchev–Trinajstić information content (AvgIpc) is 2.71. The Balaban J connectivity index is 1.89. The Morgan fingerprint density at radius 1 is 0.938 bits per heavy atom. The van der Waals surface area contributed by atoms with Crippen molar-refractivity contribution in [3.63, 3.8) is 0 Å². The molecule has 0 unspecified atom stereocenters. The summed E-state index contributed by atoms with van der Waals surface area (Å²) in [5.41, 5.74) is 12.7. The fourth-order valence-electron chi connectivity index (χ4n) is 3.40. The second-order valence-corrected chi connectivity index (χ2v) is 7.09. The number of aromatic nitrogens is 3. The van der Waals surface area contributed by atoms with Crippen molar-refractivity contribution in [1.82, 2.24) is 15.0 Å². The first kappa shape index (κ1) is 20.9. The highest BCUT2D eigenvalue weighted by atomic mass is 19.1. The lowest BCUT2D eigenvalue weighted by Crippen LogP contribution is -2.14. The zero-order valence-corrected chi connectivity index (χ0v) is 16.7. The third-order valence-electron chi connectivity index (χ3n) is 4.83. The van der Waals surface area contributed by atoms with Gasteiger partial charge < -0.3 is 16.8 Å². The van der Waals surface area contributed by atoms with Crippen molar-refractivity contribution in [2.75, 3.05) is 16.8 Å². The smallest absolute Gasteiger partial charge is 0.224 e. The van der Waals surface area contributed by atoms with Crippen LogP contribution in [0.2, 0.25) is 0 Å². The summed E-state index contributed by atoms with van der Waals surface area (Å²) in [6.45, 7) is 1.74. The van der Waals surface area contributed by atoms with E-state index in [2.05, 4.69) is 20.3 Å². The summed E-state index contributed by atoms with van der Waals surface area (Å²) in [7, 11) is 0. The largest absolute Gasteiger partial charge is 0.382 e. The van der Waals surface area contributed by atoms with Gasteiger partial charge in [0.1, 0.15) is 34.9 Å². The maximum absolute atomic E-state index is 13.9. The SMILES string of the molecule is C[C@H](Nc1nc(N)nc(N)c1C#N)c1cc2ccc(F)cc2nc1-c1cc(F)cc(F)c1. The van der Waals surface area contributed by atoms with Crippen LogP contribution in [0.3, 0.4) is 0 Å². The number of nitrogens with zero attached hydrogens (tertiary/aromatic N) is 4. The second kappa shape index (κ2) is 8.03. The Kier molecular flexibility index (Phi) is 5.24. The molecule has 10 heteroatoms. The Hall–Kier alpha value is -4.39. The van der Waals surface area contributed by atoms with E-state index in [1.807, 2.05) is 6.07 Å². The summed E-state index contributed by atoms with van der Waals surface area (Å²) >= 11 is 0. The molecular weight excluding hydrogens is 419 g/mol. The average molecular weight is 435 g/mol. The lowest BCUT2D eigenvalue weighted by Gasteiger charge is -2.20. The van der Waals surface area contributed by atoms with Gasteiger partial charge in [-0.05, 0) is 37.3 Å². The summed E-state index contributed by atoms with van der Waals surface area (Å²) in [5.74, 6) is -2.18. The molecule has 7 nitrogen and oxygen atoms in total. The maximum Gasteiger partial charge on any atom is 0.224 e. The molecule has 2 aromatic heterocycles. The van der Waals surface area contributed by atoms with Gasteiger partial charge in [0.25, 0.3) is 0 Å². The first-order valence-corrected chi connectivity index (χ1v) is 9.41. The van der Waals surface area contributed by atoms with Gasteiger partial charge in [-0.1, -0.05) is 0 Å². The van der Waals surface area contributed by atoms with Gasteiger partial charge in [-0.25, -0.2) is 18.2 Å². The maximum atomic E-state index is 13.9. The molecule has 0 saturated heterocycles. The summed E-state index contributed by atoms with van der Waals surface area (Å²) in [6, 6.07) is 10.1. The fourth-order valence-corrected chi connectivity index (χ4v) is 3.40. The van der Waals surface area contributed by atoms with E-state index in [0.29, 0.717) is 16.5 Å². The molecule has 2 heterocycles. The van der Waals surface area contributed by atoms with Gasteiger partial charge in [-0.15, -0.1) is 0 Å². The number of anilines is 3. The summed E-state index contributed by atoms with van der Waals surface area (Å²) in [5, 5.41) is 13.1. The Morgan fingerprint density at radius 2 is 1.66 bits per heavy atom. The highest BCUT2D eigenvalue weighted by Gasteiger charge is 2.20. The zero-order valence-electron chi connectivity index (χ0n) is 16.7. The molecule has 0 spiro atoms. The number of hydrogen-bond acceptors (Lipinski definition) is 7. The Morgan fingerprint density at radius 3 is 2.34 bits per heavy atom. The summed E-state index contributed by atoms with van der Waals surface area (Å²) < 4.78 is 41.6. The van der Waals surface area contributed by atoms with Crippen molar-refractivity contribution in [2.45, 2.75) is 13.0 Å². The third kappa shape index (κ3) is 3.96. The number of rotatable bonds is 4. The van der Waals surface area contributed by atoms with Gasteiger partial charge in [0, 0.05) is 28.6 Å². The molecule has 0 aliphatic rings. The van der Waals surface area contributed by atoms with E-state index in [4.69, 9.17) is 11.5 Å². The number of halogens is 3. The molecule has 4 rings (SSSR count). The second-order valence-electron chi connectivity index (χ2n) is 7.09. The van der Waals surface area contributed by atoms with Crippen molar-refractivity contribution in [3.05, 3.63) is 71.0 Å². The molecule has 2 aromatic carbocycles. The molecule has 5 N–H and O–H groups in total. The van der Waals surface area contributed by atoms with Crippen molar-refractivity contribution in [1.29, 1.82) is 5.26 Å². The molecule has 0 bridgehead atoms. The van der Waals surface area contributed by atoms with Gasteiger partial charge in [0.05, 0.1) is 17.3 Å². The van der Waals surface area contributed by atoms with E-state index in [-0.39, 0.29) is 34.4 Å². The first-order chi connectivity index (χ1) is 15.2. The molecule has 0 fully saturated rings. The van der Waals surface area contributed by atoms with Crippen LogP contribution in [0, 0.1) is 28.8 Å². The number of nitrogen functional groups attached to an aromatic ring is 2. The van der Waals surface area contributed by atoms with Crippen LogP contribution in [-0.2, 0) is 0 Å². The number of nitriles is 1. The standard InChI is InChI=1S/C22H16F3N7/c1-10(29-21-17(9-26)20(27)31-22(28)32-21)16-6-11-2-3-13(23)8-18(11)30-19(16)12-4-14(24)7-15(25)5-12/h2-8,10H,1H3,(H5,27,28,29,31,32)/t10-/m0/s1. The van der Waals surface area contributed by atoms with Crippen LogP contribution in [0.4, 0.5) is 30.8 Å². The first-order valence-electron chi connectivity index (χ1n) is 9.41. The van der Waals surface area contributed by atoms with Crippen LogP contribution in [0.5, 0.6) is 0 Å². The molecule has 0 saturated carbocycles. The minimum atomic E-state index is -0.782. The number of hydrogen-bond donors (Lipinski definition) is 3. The minimum absolute atomic E-state index is 0.000203. The molecular formula is C22H16F3N7. The van der Waals surface area contributed by atoms with Gasteiger partial charge in [-0.2, -0.15) is 15.2 Å². The van der Waals surface area contributed by atoms with Crippen LogP contribution < -0.4 is 16.8 Å². The van der Waals surface area contributed by atoms with E-state index in [1.165, 1.54) is 12.1 Å². The number of fused-ring (bicyclic) bond motifs is 1. The minimum Gasteiger partial charge on any atom is -0.382 e. The van der Waals surface area contributed by atoms with Gasteiger partial charge >= 0.3 is 0 Å². The molecule has 160 valence electrons. The lowest BCUT2D eigenvalue weighted by molar-refractivity contribution is 0.584. The molecule has 4 aromatic rings. The predicted molar refractivity (Wildman–Crippen MR) is 115 cm³/mol. The quantitative estimate of drug-likeness (QED) is 0.436. The Labute approximate surface area is 180 Å². The molecule has 0 aliphatic heterocycles. The zero-order chi connectivity index (χ0) is 23.0. The highest BCUT2D eigenvalue weighted by Crippen LogP contribution is 2.33. The Bertz CT molecular complexity index is 1380. The summed E-state index contributed by atoms with van der Waals surface area (Å²) in [6.07, 6.45) is 0. The number of nitrogens with one attached hydrogen (secondary N) is 1. The third-order valence-corrected chi connectivity index (χ3v) is 4.83. The normalized spacial score (nSPS) is 11.8. The molecule has 0 amide bonds. The van der Waals surface area contributed by atoms with E-state index in [0.717, 1.165) is 18.2 Å². The monoisotopic (exact) mass is 435 g/mol. The van der Waals surface area contributed by atoms with Crippen LogP contribution in [-0.4, -0.2) is 15.0 Å². The van der Waals surface area contributed by atoms with E-state index >= 15 is 0 Å². The molecule has 0 aliphatic carbocycles.